The molecule has 7 heteroatoms. The van der Waals surface area contributed by atoms with Gasteiger partial charge in [0.25, 0.3) is 5.91 Å². The van der Waals surface area contributed by atoms with Gasteiger partial charge in [-0.05, 0) is 35.9 Å². The summed E-state index contributed by atoms with van der Waals surface area (Å²) >= 11 is 0. The van der Waals surface area contributed by atoms with E-state index in [1.165, 1.54) is 12.1 Å². The lowest BCUT2D eigenvalue weighted by Crippen LogP contribution is -2.21. The first-order chi connectivity index (χ1) is 18.5. The van der Waals surface area contributed by atoms with Crippen molar-refractivity contribution >= 4 is 34.3 Å². The number of carboxylic acid groups (broad SMARTS) is 1. The summed E-state index contributed by atoms with van der Waals surface area (Å²) in [5, 5.41) is 12.6. The molecule has 5 aromatic rings. The third kappa shape index (κ3) is 5.17. The SMILES string of the molecule is O=C(COc1ccccc1)Nc1ccccc1C(=O)O.O=C1c2ccccc2Cc2c1oc1ccccc21. The predicted octanol–water partition coefficient (Wildman–Crippen LogP) is 5.97. The van der Waals surface area contributed by atoms with Gasteiger partial charge >= 0.3 is 5.97 Å². The zero-order valence-corrected chi connectivity index (χ0v) is 20.2. The van der Waals surface area contributed by atoms with Crippen LogP contribution in [0.25, 0.3) is 11.0 Å². The molecule has 2 N–H and O–H groups in total. The van der Waals surface area contributed by atoms with E-state index in [0.717, 1.165) is 34.1 Å². The number of ether oxygens (including phenoxy) is 1. The molecular formula is C31H23NO6. The number of amides is 1. The van der Waals surface area contributed by atoms with E-state index in [1.807, 2.05) is 54.6 Å². The van der Waals surface area contributed by atoms with Gasteiger partial charge in [0, 0.05) is 22.9 Å². The summed E-state index contributed by atoms with van der Waals surface area (Å²) in [7, 11) is 0. The highest BCUT2D eigenvalue weighted by molar-refractivity contribution is 6.13. The zero-order chi connectivity index (χ0) is 26.5. The van der Waals surface area contributed by atoms with Gasteiger partial charge in [-0.1, -0.05) is 72.8 Å². The minimum Gasteiger partial charge on any atom is -0.484 e. The average molecular weight is 506 g/mol. The number of nitrogens with one attached hydrogen (secondary N) is 1. The van der Waals surface area contributed by atoms with Crippen molar-refractivity contribution in [1.29, 1.82) is 0 Å². The van der Waals surface area contributed by atoms with Gasteiger partial charge < -0.3 is 19.6 Å². The van der Waals surface area contributed by atoms with Crippen LogP contribution < -0.4 is 10.1 Å². The minimum absolute atomic E-state index is 0.00282. The second-order valence-electron chi connectivity index (χ2n) is 8.57. The molecule has 1 aliphatic rings. The smallest absolute Gasteiger partial charge is 0.337 e. The average Bonchev–Trinajstić information content (AvgIpc) is 3.32. The first-order valence-corrected chi connectivity index (χ1v) is 11.9. The van der Waals surface area contributed by atoms with Gasteiger partial charge in [0.15, 0.2) is 12.4 Å². The van der Waals surface area contributed by atoms with Crippen molar-refractivity contribution in [2.45, 2.75) is 6.42 Å². The maximum Gasteiger partial charge on any atom is 0.337 e. The summed E-state index contributed by atoms with van der Waals surface area (Å²) in [6.45, 7) is -0.183. The molecule has 1 amide bonds. The molecule has 7 nitrogen and oxygen atoms in total. The van der Waals surface area contributed by atoms with Crippen LogP contribution in [-0.4, -0.2) is 29.4 Å². The molecule has 0 atom stereocenters. The first-order valence-electron chi connectivity index (χ1n) is 11.9. The van der Waals surface area contributed by atoms with Crippen molar-refractivity contribution in [3.8, 4) is 5.75 Å². The maximum absolute atomic E-state index is 12.4. The van der Waals surface area contributed by atoms with Crippen molar-refractivity contribution < 1.29 is 28.6 Å². The Kier molecular flexibility index (Phi) is 6.99. The van der Waals surface area contributed by atoms with Crippen LogP contribution in [0.4, 0.5) is 5.69 Å². The summed E-state index contributed by atoms with van der Waals surface area (Å²) in [4.78, 5) is 35.1. The third-order valence-corrected chi connectivity index (χ3v) is 6.08. The number of rotatable bonds is 5. The Morgan fingerprint density at radius 2 is 1.53 bits per heavy atom. The van der Waals surface area contributed by atoms with Gasteiger partial charge in [0.2, 0.25) is 5.78 Å². The highest BCUT2D eigenvalue weighted by atomic mass is 16.5. The maximum atomic E-state index is 12.4. The number of anilines is 1. The second kappa shape index (κ2) is 10.8. The molecule has 38 heavy (non-hydrogen) atoms. The number of hydrogen-bond acceptors (Lipinski definition) is 5. The monoisotopic (exact) mass is 505 g/mol. The van der Waals surface area contributed by atoms with Gasteiger partial charge in [-0.3, -0.25) is 9.59 Å². The lowest BCUT2D eigenvalue weighted by molar-refractivity contribution is -0.118. The fourth-order valence-electron chi connectivity index (χ4n) is 4.30. The molecule has 0 aliphatic heterocycles. The number of aromatic carboxylic acids is 1. The lowest BCUT2D eigenvalue weighted by Gasteiger charge is -2.13. The number of carboxylic acids is 1. The molecule has 188 valence electrons. The van der Waals surface area contributed by atoms with Crippen molar-refractivity contribution in [2.24, 2.45) is 0 Å². The Bertz CT molecular complexity index is 1640. The number of furan rings is 1. The Labute approximate surface area is 218 Å². The van der Waals surface area contributed by atoms with Crippen LogP contribution in [0.5, 0.6) is 5.75 Å². The summed E-state index contributed by atoms with van der Waals surface area (Å²) in [6, 6.07) is 30.7. The number of benzene rings is 4. The van der Waals surface area contributed by atoms with E-state index < -0.39 is 11.9 Å². The first kappa shape index (κ1) is 24.5. The normalized spacial score (nSPS) is 11.5. The van der Waals surface area contributed by atoms with E-state index in [0.29, 0.717) is 11.5 Å². The van der Waals surface area contributed by atoms with Gasteiger partial charge in [-0.2, -0.15) is 0 Å². The number of carbonyl (C=O) groups excluding carboxylic acids is 2. The molecule has 6 rings (SSSR count). The molecular weight excluding hydrogens is 482 g/mol. The van der Waals surface area contributed by atoms with E-state index in [-0.39, 0.29) is 23.6 Å². The summed E-state index contributed by atoms with van der Waals surface area (Å²) < 4.78 is 11.0. The number of para-hydroxylation sites is 3. The molecule has 0 radical (unpaired) electrons. The van der Waals surface area contributed by atoms with E-state index >= 15 is 0 Å². The van der Waals surface area contributed by atoms with Gasteiger partial charge in [0.05, 0.1) is 11.3 Å². The van der Waals surface area contributed by atoms with Gasteiger partial charge in [-0.25, -0.2) is 4.79 Å². The molecule has 0 bridgehead atoms. The van der Waals surface area contributed by atoms with Crippen molar-refractivity contribution in [3.63, 3.8) is 0 Å². The topological polar surface area (TPSA) is 106 Å². The highest BCUT2D eigenvalue weighted by Gasteiger charge is 2.28. The quantitative estimate of drug-likeness (QED) is 0.299. The summed E-state index contributed by atoms with van der Waals surface area (Å²) in [5.41, 5.74) is 3.96. The molecule has 1 aromatic heterocycles. The lowest BCUT2D eigenvalue weighted by atomic mass is 9.88. The number of ketones is 1. The molecule has 0 fully saturated rings. The van der Waals surface area contributed by atoms with Crippen LogP contribution in [0.15, 0.2) is 108 Å². The van der Waals surface area contributed by atoms with Crippen molar-refractivity contribution in [3.05, 3.63) is 131 Å². The third-order valence-electron chi connectivity index (χ3n) is 6.08. The Balaban J connectivity index is 0.000000155. The number of carbonyl (C=O) groups is 3. The Morgan fingerprint density at radius 1 is 0.842 bits per heavy atom. The number of hydrogen-bond donors (Lipinski definition) is 2. The standard InChI is InChI=1S/C16H10O2.C15H13NO4/c17-15-11-6-2-1-5-10(11)9-13-12-7-3-4-8-14(12)18-16(13)15;17-14(10-20-11-6-2-1-3-7-11)16-13-9-5-4-8-12(13)15(18)19/h1-8H,9H2;1-9H,10H2,(H,16,17)(H,18,19). The van der Waals surface area contributed by atoms with Crippen molar-refractivity contribution in [2.75, 3.05) is 11.9 Å². The number of fused-ring (bicyclic) bond motifs is 4. The highest BCUT2D eigenvalue weighted by Crippen LogP contribution is 2.34. The van der Waals surface area contributed by atoms with E-state index in [2.05, 4.69) is 5.32 Å². The van der Waals surface area contributed by atoms with Crippen LogP contribution in [0, 0.1) is 0 Å². The molecule has 0 saturated heterocycles. The Hall–Kier alpha value is -5.17. The van der Waals surface area contributed by atoms with Gasteiger partial charge in [0.1, 0.15) is 11.3 Å². The fourth-order valence-corrected chi connectivity index (χ4v) is 4.30. The van der Waals surface area contributed by atoms with Crippen molar-refractivity contribution in [1.82, 2.24) is 0 Å². The summed E-state index contributed by atoms with van der Waals surface area (Å²) in [6.07, 6.45) is 0.772. The molecule has 0 unspecified atom stereocenters. The van der Waals surface area contributed by atoms with E-state index in [9.17, 15) is 14.4 Å². The largest absolute Gasteiger partial charge is 0.484 e. The molecule has 4 aromatic carbocycles. The fraction of sp³-hybridized carbons (Fsp3) is 0.0645. The van der Waals surface area contributed by atoms with E-state index in [4.69, 9.17) is 14.3 Å². The van der Waals surface area contributed by atoms with Crippen LogP contribution in [-0.2, 0) is 11.2 Å². The second-order valence-corrected chi connectivity index (χ2v) is 8.57. The zero-order valence-electron chi connectivity index (χ0n) is 20.2. The minimum atomic E-state index is -1.09. The predicted molar refractivity (Wildman–Crippen MR) is 143 cm³/mol. The van der Waals surface area contributed by atoms with Crippen LogP contribution >= 0.6 is 0 Å². The van der Waals surface area contributed by atoms with Crippen LogP contribution in [0.2, 0.25) is 0 Å². The Morgan fingerprint density at radius 3 is 2.34 bits per heavy atom. The molecule has 1 heterocycles. The van der Waals surface area contributed by atoms with Crippen LogP contribution in [0.3, 0.4) is 0 Å². The van der Waals surface area contributed by atoms with Gasteiger partial charge in [-0.15, -0.1) is 0 Å². The van der Waals surface area contributed by atoms with E-state index in [1.54, 1.807) is 36.4 Å². The summed E-state index contributed by atoms with van der Waals surface area (Å²) in [5.74, 6) is -0.417. The molecule has 0 saturated carbocycles. The molecule has 1 aliphatic carbocycles. The molecule has 0 spiro atoms. The van der Waals surface area contributed by atoms with Crippen LogP contribution in [0.1, 0.15) is 37.6 Å².